The van der Waals surface area contributed by atoms with Gasteiger partial charge >= 0.3 is 6.18 Å². The van der Waals surface area contributed by atoms with Gasteiger partial charge in [0.15, 0.2) is 0 Å². The molecule has 7 heteroatoms. The van der Waals surface area contributed by atoms with Crippen LogP contribution in [0.1, 0.15) is 11.3 Å². The van der Waals surface area contributed by atoms with Crippen molar-refractivity contribution in [2.45, 2.75) is 12.7 Å². The number of ether oxygens (including phenoxy) is 2. The number of hydrogen-bond donors (Lipinski definition) is 1. The zero-order valence-corrected chi connectivity index (χ0v) is 11.1. The molecule has 0 saturated heterocycles. The first kappa shape index (κ1) is 15.1. The third kappa shape index (κ3) is 3.63. The molecule has 0 bridgehead atoms. The Kier molecular flexibility index (Phi) is 4.32. The van der Waals surface area contributed by atoms with Crippen LogP contribution in [0.3, 0.4) is 0 Å². The Morgan fingerprint density at radius 3 is 2.48 bits per heavy atom. The first-order valence-corrected chi connectivity index (χ1v) is 6.03. The summed E-state index contributed by atoms with van der Waals surface area (Å²) in [6.07, 6.45) is -4.54. The third-order valence-corrected chi connectivity index (χ3v) is 2.71. The minimum atomic E-state index is -4.54. The minimum absolute atomic E-state index is 0.0183. The molecule has 0 aliphatic carbocycles. The molecule has 1 heterocycles. The fourth-order valence-electron chi connectivity index (χ4n) is 1.65. The van der Waals surface area contributed by atoms with Crippen LogP contribution in [-0.2, 0) is 12.7 Å². The molecule has 0 amide bonds. The molecule has 0 saturated carbocycles. The second kappa shape index (κ2) is 6.01. The average Bonchev–Trinajstić information content (AvgIpc) is 2.46. The van der Waals surface area contributed by atoms with Crippen LogP contribution in [0.25, 0.3) is 0 Å². The van der Waals surface area contributed by atoms with Crippen LogP contribution < -0.4 is 15.2 Å². The van der Waals surface area contributed by atoms with Crippen LogP contribution in [0.5, 0.6) is 17.4 Å². The van der Waals surface area contributed by atoms with Gasteiger partial charge in [-0.25, -0.2) is 4.98 Å². The van der Waals surface area contributed by atoms with Gasteiger partial charge in [0.1, 0.15) is 17.2 Å². The predicted octanol–water partition coefficient (Wildman–Crippen LogP) is 3.36. The summed E-state index contributed by atoms with van der Waals surface area (Å²) in [4.78, 5) is 3.50. The number of alkyl halides is 3. The highest BCUT2D eigenvalue weighted by Crippen LogP contribution is 2.32. The summed E-state index contributed by atoms with van der Waals surface area (Å²) < 4.78 is 48.5. The summed E-state index contributed by atoms with van der Waals surface area (Å²) in [6.45, 7) is 0.0183. The standard InChI is InChI=1S/C14H13F3N2O2/c1-20-10-3-2-4-11(7-10)21-13-9(8-18)5-6-12(19-13)14(15,16)17/h2-7H,8,18H2,1H3. The molecule has 2 aromatic rings. The van der Waals surface area contributed by atoms with Crippen molar-refractivity contribution in [2.75, 3.05) is 7.11 Å². The van der Waals surface area contributed by atoms with Crippen molar-refractivity contribution in [3.63, 3.8) is 0 Å². The van der Waals surface area contributed by atoms with Crippen LogP contribution in [0, 0.1) is 0 Å². The van der Waals surface area contributed by atoms with Crippen molar-refractivity contribution >= 4 is 0 Å². The van der Waals surface area contributed by atoms with E-state index in [1.165, 1.54) is 13.2 Å². The van der Waals surface area contributed by atoms with Crippen molar-refractivity contribution in [1.82, 2.24) is 4.98 Å². The highest BCUT2D eigenvalue weighted by atomic mass is 19.4. The van der Waals surface area contributed by atoms with Crippen molar-refractivity contribution in [1.29, 1.82) is 0 Å². The van der Waals surface area contributed by atoms with Gasteiger partial charge in [0, 0.05) is 18.2 Å². The van der Waals surface area contributed by atoms with Crippen molar-refractivity contribution in [3.05, 3.63) is 47.7 Å². The van der Waals surface area contributed by atoms with E-state index in [0.29, 0.717) is 17.1 Å². The Bertz CT molecular complexity index is 630. The van der Waals surface area contributed by atoms with E-state index in [9.17, 15) is 13.2 Å². The summed E-state index contributed by atoms with van der Waals surface area (Å²) >= 11 is 0. The van der Waals surface area contributed by atoms with E-state index in [0.717, 1.165) is 6.07 Å². The number of halogens is 3. The molecule has 112 valence electrons. The highest BCUT2D eigenvalue weighted by molar-refractivity contribution is 5.38. The first-order chi connectivity index (χ1) is 9.94. The van der Waals surface area contributed by atoms with Crippen LogP contribution in [0.4, 0.5) is 13.2 Å². The topological polar surface area (TPSA) is 57.4 Å². The lowest BCUT2D eigenvalue weighted by atomic mass is 10.2. The monoisotopic (exact) mass is 298 g/mol. The second-order valence-electron chi connectivity index (χ2n) is 4.14. The zero-order chi connectivity index (χ0) is 15.5. The lowest BCUT2D eigenvalue weighted by Crippen LogP contribution is -2.10. The van der Waals surface area contributed by atoms with Crippen LogP contribution in [0.15, 0.2) is 36.4 Å². The minimum Gasteiger partial charge on any atom is -0.497 e. The predicted molar refractivity (Wildman–Crippen MR) is 70.2 cm³/mol. The summed E-state index contributed by atoms with van der Waals surface area (Å²) in [5.41, 5.74) is 4.84. The van der Waals surface area contributed by atoms with Crippen molar-refractivity contribution in [2.24, 2.45) is 5.73 Å². The smallest absolute Gasteiger partial charge is 0.433 e. The van der Waals surface area contributed by atoms with Gasteiger partial charge in [-0.3, -0.25) is 0 Å². The maximum Gasteiger partial charge on any atom is 0.433 e. The average molecular weight is 298 g/mol. The van der Waals surface area contributed by atoms with Gasteiger partial charge in [-0.1, -0.05) is 12.1 Å². The maximum atomic E-state index is 12.7. The van der Waals surface area contributed by atoms with Crippen LogP contribution >= 0.6 is 0 Å². The van der Waals surface area contributed by atoms with E-state index in [4.69, 9.17) is 15.2 Å². The Labute approximate surface area is 119 Å². The number of nitrogens with two attached hydrogens (primary N) is 1. The summed E-state index contributed by atoms with van der Waals surface area (Å²) in [7, 11) is 1.48. The molecule has 0 fully saturated rings. The van der Waals surface area contributed by atoms with Crippen molar-refractivity contribution < 1.29 is 22.6 Å². The summed E-state index contributed by atoms with van der Waals surface area (Å²) in [5, 5.41) is 0. The molecule has 21 heavy (non-hydrogen) atoms. The van der Waals surface area contributed by atoms with Gasteiger partial charge in [-0.05, 0) is 18.2 Å². The molecule has 0 radical (unpaired) electrons. The van der Waals surface area contributed by atoms with Crippen LogP contribution in [-0.4, -0.2) is 12.1 Å². The Morgan fingerprint density at radius 1 is 1.14 bits per heavy atom. The normalized spacial score (nSPS) is 11.3. The lowest BCUT2D eigenvalue weighted by Gasteiger charge is -2.12. The second-order valence-corrected chi connectivity index (χ2v) is 4.14. The van der Waals surface area contributed by atoms with Gasteiger partial charge in [0.2, 0.25) is 5.88 Å². The molecule has 1 aromatic carbocycles. The largest absolute Gasteiger partial charge is 0.497 e. The van der Waals surface area contributed by atoms with E-state index in [1.54, 1.807) is 24.3 Å². The molecule has 2 N–H and O–H groups in total. The van der Waals surface area contributed by atoms with E-state index in [2.05, 4.69) is 4.98 Å². The Balaban J connectivity index is 2.37. The fraction of sp³-hybridized carbons (Fsp3) is 0.214. The lowest BCUT2D eigenvalue weighted by molar-refractivity contribution is -0.141. The van der Waals surface area contributed by atoms with Gasteiger partial charge in [-0.15, -0.1) is 0 Å². The van der Waals surface area contributed by atoms with E-state index >= 15 is 0 Å². The molecule has 0 aliphatic heterocycles. The number of pyridine rings is 1. The quantitative estimate of drug-likeness (QED) is 0.940. The molecule has 0 aliphatic rings. The summed E-state index contributed by atoms with van der Waals surface area (Å²) in [6, 6.07) is 8.61. The molecule has 1 aromatic heterocycles. The number of hydrogen-bond acceptors (Lipinski definition) is 4. The molecule has 0 atom stereocenters. The van der Waals surface area contributed by atoms with Crippen LogP contribution in [0.2, 0.25) is 0 Å². The number of aromatic nitrogens is 1. The Morgan fingerprint density at radius 2 is 1.86 bits per heavy atom. The third-order valence-electron chi connectivity index (χ3n) is 2.71. The SMILES string of the molecule is COc1cccc(Oc2nc(C(F)(F)F)ccc2CN)c1. The summed E-state index contributed by atoms with van der Waals surface area (Å²) in [5.74, 6) is 0.672. The maximum absolute atomic E-state index is 12.7. The van der Waals surface area contributed by atoms with Crippen molar-refractivity contribution in [3.8, 4) is 17.4 Å². The zero-order valence-electron chi connectivity index (χ0n) is 11.1. The highest BCUT2D eigenvalue weighted by Gasteiger charge is 2.33. The number of rotatable bonds is 4. The van der Waals surface area contributed by atoms with E-state index < -0.39 is 11.9 Å². The number of methoxy groups -OCH3 is 1. The fourth-order valence-corrected chi connectivity index (χ4v) is 1.65. The van der Waals surface area contributed by atoms with Gasteiger partial charge in [-0.2, -0.15) is 13.2 Å². The molecule has 4 nitrogen and oxygen atoms in total. The number of nitrogens with zero attached hydrogens (tertiary/aromatic N) is 1. The molecule has 2 rings (SSSR count). The molecule has 0 spiro atoms. The Hall–Kier alpha value is -2.28. The van der Waals surface area contributed by atoms with Gasteiger partial charge in [0.25, 0.3) is 0 Å². The first-order valence-electron chi connectivity index (χ1n) is 6.03. The van der Waals surface area contributed by atoms with E-state index in [-0.39, 0.29) is 12.4 Å². The van der Waals surface area contributed by atoms with Gasteiger partial charge < -0.3 is 15.2 Å². The molecule has 0 unspecified atom stereocenters. The van der Waals surface area contributed by atoms with Gasteiger partial charge in [0.05, 0.1) is 7.11 Å². The molecular formula is C14H13F3N2O2. The molecular weight excluding hydrogens is 285 g/mol. The van der Waals surface area contributed by atoms with E-state index in [1.807, 2.05) is 0 Å². The number of benzene rings is 1.